The molecular weight excluding hydrogens is 360 g/mol. The number of nitrogens with one attached hydrogen (secondary N) is 1. The molecule has 0 saturated carbocycles. The molecule has 0 amide bonds. The van der Waals surface area contributed by atoms with Crippen molar-refractivity contribution in [1.29, 1.82) is 0 Å². The third kappa shape index (κ3) is 3.89. The van der Waals surface area contributed by atoms with Crippen LogP contribution in [-0.4, -0.2) is 40.8 Å². The van der Waals surface area contributed by atoms with E-state index in [9.17, 15) is 24.5 Å². The fourth-order valence-corrected chi connectivity index (χ4v) is 3.31. The zero-order valence-corrected chi connectivity index (χ0v) is 14.8. The Bertz CT molecular complexity index is 834. The van der Waals surface area contributed by atoms with Crippen molar-refractivity contribution in [1.82, 2.24) is 5.32 Å². The number of nitrogens with zero attached hydrogens (tertiary/aromatic N) is 1. The molecule has 1 heterocycles. The molecule has 3 unspecified atom stereocenters. The van der Waals surface area contributed by atoms with E-state index in [0.717, 1.165) is 7.11 Å². The van der Waals surface area contributed by atoms with E-state index >= 15 is 0 Å². The van der Waals surface area contributed by atoms with E-state index in [1.165, 1.54) is 25.1 Å². The van der Waals surface area contributed by atoms with Crippen molar-refractivity contribution in [3.05, 3.63) is 51.7 Å². The fraction of sp³-hybridized carbons (Fsp3) is 0.353. The van der Waals surface area contributed by atoms with Crippen molar-refractivity contribution in [2.24, 2.45) is 5.92 Å². The molecule has 27 heavy (non-hydrogen) atoms. The number of carbonyl (C=O) groups excluding carboxylic acids is 2. The Morgan fingerprint density at radius 1 is 1.33 bits per heavy atom. The standard InChI is InChI=1S/C17H18N2O8/c1-9-7-12(10-5-4-6-11(8-10)19(24)25)13(14(20)27-16(22)23)17(2,18-9)15(21)26-3/h4-8,12-13,18H,1-3H3,(H,22,23). The van der Waals surface area contributed by atoms with Crippen molar-refractivity contribution < 1.29 is 33.9 Å². The fourth-order valence-electron chi connectivity index (χ4n) is 3.31. The van der Waals surface area contributed by atoms with Gasteiger partial charge in [-0.2, -0.15) is 0 Å². The van der Waals surface area contributed by atoms with Gasteiger partial charge in [-0.15, -0.1) is 0 Å². The maximum atomic E-state index is 12.5. The van der Waals surface area contributed by atoms with E-state index in [-0.39, 0.29) is 5.69 Å². The summed E-state index contributed by atoms with van der Waals surface area (Å²) in [6, 6.07) is 5.53. The molecular formula is C17H18N2O8. The average molecular weight is 378 g/mol. The van der Waals surface area contributed by atoms with E-state index < -0.39 is 40.4 Å². The lowest BCUT2D eigenvalue weighted by Gasteiger charge is -2.42. The topological polar surface area (TPSA) is 145 Å². The van der Waals surface area contributed by atoms with Gasteiger partial charge < -0.3 is 19.9 Å². The molecule has 0 saturated heterocycles. The molecule has 10 heteroatoms. The molecule has 10 nitrogen and oxygen atoms in total. The molecule has 144 valence electrons. The molecule has 2 rings (SSSR count). The number of non-ortho nitro benzene ring substituents is 1. The summed E-state index contributed by atoms with van der Waals surface area (Å²) in [7, 11) is 1.13. The number of hydrogen-bond donors (Lipinski definition) is 2. The summed E-state index contributed by atoms with van der Waals surface area (Å²) in [6.45, 7) is 3.03. The highest BCUT2D eigenvalue weighted by Gasteiger charge is 2.53. The molecule has 0 radical (unpaired) electrons. The maximum Gasteiger partial charge on any atom is 0.513 e. The van der Waals surface area contributed by atoms with Crippen molar-refractivity contribution in [3.63, 3.8) is 0 Å². The van der Waals surface area contributed by atoms with Crippen LogP contribution in [0.2, 0.25) is 0 Å². The normalized spacial score (nSPS) is 24.2. The van der Waals surface area contributed by atoms with Gasteiger partial charge >= 0.3 is 18.1 Å². The number of carboxylic acid groups (broad SMARTS) is 1. The lowest BCUT2D eigenvalue weighted by molar-refractivity contribution is -0.384. The molecule has 0 aliphatic carbocycles. The van der Waals surface area contributed by atoms with Gasteiger partial charge in [0.05, 0.1) is 12.0 Å². The minimum atomic E-state index is -1.82. The molecule has 0 aromatic heterocycles. The average Bonchev–Trinajstić information content (AvgIpc) is 2.59. The minimum Gasteiger partial charge on any atom is -0.467 e. The van der Waals surface area contributed by atoms with Crippen LogP contribution in [0.5, 0.6) is 0 Å². The number of allylic oxidation sites excluding steroid dienone is 2. The van der Waals surface area contributed by atoms with Crippen LogP contribution in [-0.2, 0) is 19.1 Å². The smallest absolute Gasteiger partial charge is 0.467 e. The lowest BCUT2D eigenvalue weighted by Crippen LogP contribution is -2.61. The quantitative estimate of drug-likeness (QED) is 0.347. The second kappa shape index (κ2) is 7.44. The zero-order chi connectivity index (χ0) is 20.4. The second-order valence-electron chi connectivity index (χ2n) is 6.21. The first kappa shape index (κ1) is 19.9. The van der Waals surface area contributed by atoms with Crippen molar-refractivity contribution in [3.8, 4) is 0 Å². The van der Waals surface area contributed by atoms with Crippen LogP contribution in [0, 0.1) is 16.0 Å². The van der Waals surface area contributed by atoms with Crippen LogP contribution in [0.4, 0.5) is 10.5 Å². The Hall–Kier alpha value is -3.43. The highest BCUT2D eigenvalue weighted by Crippen LogP contribution is 2.41. The third-order valence-electron chi connectivity index (χ3n) is 4.38. The number of methoxy groups -OCH3 is 1. The van der Waals surface area contributed by atoms with E-state index in [0.29, 0.717) is 11.3 Å². The first-order valence-corrected chi connectivity index (χ1v) is 7.84. The van der Waals surface area contributed by atoms with Crippen molar-refractivity contribution in [2.45, 2.75) is 25.3 Å². The predicted octanol–water partition coefficient (Wildman–Crippen LogP) is 1.95. The maximum absolute atomic E-state index is 12.5. The van der Waals surface area contributed by atoms with Gasteiger partial charge in [0.15, 0.2) is 0 Å². The predicted molar refractivity (Wildman–Crippen MR) is 90.8 cm³/mol. The summed E-state index contributed by atoms with van der Waals surface area (Å²) < 4.78 is 9.09. The highest BCUT2D eigenvalue weighted by atomic mass is 16.7. The third-order valence-corrected chi connectivity index (χ3v) is 4.38. The Morgan fingerprint density at radius 3 is 2.56 bits per heavy atom. The molecule has 1 aromatic rings. The van der Waals surface area contributed by atoms with Crippen molar-refractivity contribution >= 4 is 23.8 Å². The first-order valence-electron chi connectivity index (χ1n) is 7.84. The number of carbonyl (C=O) groups is 3. The number of nitro groups is 1. The monoisotopic (exact) mass is 378 g/mol. The Labute approximate surface area is 153 Å². The molecule has 1 aliphatic heterocycles. The molecule has 1 aliphatic rings. The van der Waals surface area contributed by atoms with Gasteiger partial charge in [-0.3, -0.25) is 14.9 Å². The number of benzene rings is 1. The molecule has 0 spiro atoms. The second-order valence-corrected chi connectivity index (χ2v) is 6.21. The largest absolute Gasteiger partial charge is 0.513 e. The number of ether oxygens (including phenoxy) is 2. The molecule has 0 bridgehead atoms. The van der Waals surface area contributed by atoms with Crippen LogP contribution in [0.15, 0.2) is 36.0 Å². The number of esters is 2. The number of hydrogen-bond acceptors (Lipinski definition) is 8. The highest BCUT2D eigenvalue weighted by molar-refractivity contribution is 5.93. The molecule has 3 atom stereocenters. The van der Waals surface area contributed by atoms with Gasteiger partial charge in [0.1, 0.15) is 11.5 Å². The molecule has 1 aromatic carbocycles. The van der Waals surface area contributed by atoms with Crippen LogP contribution < -0.4 is 5.32 Å². The molecule has 0 fully saturated rings. The van der Waals surface area contributed by atoms with Gasteiger partial charge in [-0.25, -0.2) is 9.59 Å². The summed E-state index contributed by atoms with van der Waals surface area (Å²) in [5, 5.41) is 22.7. The summed E-state index contributed by atoms with van der Waals surface area (Å²) in [6.07, 6.45) is -0.242. The Balaban J connectivity index is 2.63. The Morgan fingerprint density at radius 2 is 2.00 bits per heavy atom. The van der Waals surface area contributed by atoms with E-state index in [1.807, 2.05) is 0 Å². The first-order chi connectivity index (χ1) is 12.6. The van der Waals surface area contributed by atoms with Crippen LogP contribution >= 0.6 is 0 Å². The van der Waals surface area contributed by atoms with Crippen LogP contribution in [0.25, 0.3) is 0 Å². The summed E-state index contributed by atoms with van der Waals surface area (Å²) >= 11 is 0. The van der Waals surface area contributed by atoms with E-state index in [1.54, 1.807) is 19.1 Å². The summed E-state index contributed by atoms with van der Waals surface area (Å²) in [5.41, 5.74) is -0.983. The summed E-state index contributed by atoms with van der Waals surface area (Å²) in [4.78, 5) is 46.3. The van der Waals surface area contributed by atoms with E-state index in [2.05, 4.69) is 10.1 Å². The minimum absolute atomic E-state index is 0.206. The van der Waals surface area contributed by atoms with Crippen LogP contribution in [0.1, 0.15) is 25.3 Å². The summed E-state index contributed by atoms with van der Waals surface area (Å²) in [5.74, 6) is -4.19. The van der Waals surface area contributed by atoms with Gasteiger partial charge in [0.2, 0.25) is 0 Å². The van der Waals surface area contributed by atoms with Gasteiger partial charge in [0, 0.05) is 23.7 Å². The van der Waals surface area contributed by atoms with E-state index in [4.69, 9.17) is 9.84 Å². The number of nitro benzene ring substituents is 1. The van der Waals surface area contributed by atoms with Crippen LogP contribution in [0.3, 0.4) is 0 Å². The van der Waals surface area contributed by atoms with Gasteiger partial charge in [0.25, 0.3) is 5.69 Å². The Kier molecular flexibility index (Phi) is 5.48. The molecule has 2 N–H and O–H groups in total. The van der Waals surface area contributed by atoms with Gasteiger partial charge in [-0.05, 0) is 19.4 Å². The number of rotatable bonds is 4. The lowest BCUT2D eigenvalue weighted by atomic mass is 9.71. The SMILES string of the molecule is COC(=O)C1(C)NC(C)=CC(c2cccc([N+](=O)[O-])c2)C1C(=O)OC(=O)O. The van der Waals surface area contributed by atoms with Crippen molar-refractivity contribution in [2.75, 3.05) is 7.11 Å². The zero-order valence-electron chi connectivity index (χ0n) is 14.8. The van der Waals surface area contributed by atoms with Gasteiger partial charge in [-0.1, -0.05) is 18.2 Å².